The minimum absolute atomic E-state index is 0.106. The molecule has 0 amide bonds. The van der Waals surface area contributed by atoms with Crippen molar-refractivity contribution in [2.75, 3.05) is 0 Å². The summed E-state index contributed by atoms with van der Waals surface area (Å²) in [6.45, 7) is 6.47. The van der Waals surface area contributed by atoms with Crippen LogP contribution in [0.4, 0.5) is 0 Å². The van der Waals surface area contributed by atoms with Crippen LogP contribution in [0.15, 0.2) is 24.3 Å². The summed E-state index contributed by atoms with van der Waals surface area (Å²) in [5, 5.41) is 0.860. The van der Waals surface area contributed by atoms with Gasteiger partial charge in [0, 0.05) is 17.7 Å². The number of H-pyrrole nitrogens is 1. The zero-order valence-corrected chi connectivity index (χ0v) is 17.1. The molecule has 2 aromatic heterocycles. The summed E-state index contributed by atoms with van der Waals surface area (Å²) in [6, 6.07) is 7.80. The highest BCUT2D eigenvalue weighted by Crippen LogP contribution is 2.23. The molecule has 0 bridgehead atoms. The van der Waals surface area contributed by atoms with Gasteiger partial charge in [-0.25, -0.2) is 4.98 Å². The van der Waals surface area contributed by atoms with E-state index in [2.05, 4.69) is 9.97 Å². The van der Waals surface area contributed by atoms with E-state index in [1.165, 1.54) is 6.92 Å². The Morgan fingerprint density at radius 1 is 1.21 bits per heavy atom. The Bertz CT molecular complexity index is 1030. The summed E-state index contributed by atoms with van der Waals surface area (Å²) < 4.78 is 6.39. The lowest BCUT2D eigenvalue weighted by atomic mass is 10.0. The molecule has 7 heteroatoms. The van der Waals surface area contributed by atoms with Crippen LogP contribution in [0.2, 0.25) is 0 Å². The van der Waals surface area contributed by atoms with Crippen molar-refractivity contribution >= 4 is 39.1 Å². The number of nitrogens with one attached hydrogen (secondary N) is 1. The van der Waals surface area contributed by atoms with Crippen LogP contribution in [-0.4, -0.2) is 33.6 Å². The molecule has 3 rings (SSSR count). The van der Waals surface area contributed by atoms with E-state index >= 15 is 0 Å². The molecule has 2 heterocycles. The monoisotopic (exact) mass is 398 g/mol. The maximum Gasteiger partial charge on any atom is 0.306 e. The first-order chi connectivity index (χ1) is 13.3. The number of hydrogen-bond acceptors (Lipinski definition) is 6. The fourth-order valence-electron chi connectivity index (χ4n) is 3.27. The van der Waals surface area contributed by atoms with Crippen LogP contribution in [0.25, 0.3) is 10.2 Å². The van der Waals surface area contributed by atoms with Gasteiger partial charge in [0.25, 0.3) is 0 Å². The number of rotatable bonds is 7. The van der Waals surface area contributed by atoms with E-state index in [4.69, 9.17) is 4.74 Å². The van der Waals surface area contributed by atoms with Crippen molar-refractivity contribution in [1.82, 2.24) is 9.97 Å². The lowest BCUT2D eigenvalue weighted by molar-refractivity contribution is -0.146. The maximum atomic E-state index is 12.7. The number of esters is 1. The smallest absolute Gasteiger partial charge is 0.306 e. The van der Waals surface area contributed by atoms with Crippen LogP contribution >= 0.6 is 11.3 Å². The number of carbonyl (C=O) groups excluding carboxylic acids is 3. The Labute approximate surface area is 166 Å². The summed E-state index contributed by atoms with van der Waals surface area (Å²) in [4.78, 5) is 44.0. The molecule has 0 saturated carbocycles. The van der Waals surface area contributed by atoms with Crippen molar-refractivity contribution < 1.29 is 19.1 Å². The van der Waals surface area contributed by atoms with Gasteiger partial charge in [0.1, 0.15) is 0 Å². The van der Waals surface area contributed by atoms with Gasteiger partial charge in [-0.1, -0.05) is 12.1 Å². The van der Waals surface area contributed by atoms with E-state index in [9.17, 15) is 14.4 Å². The van der Waals surface area contributed by atoms with Gasteiger partial charge in [-0.15, -0.1) is 11.3 Å². The molecular formula is C21H22N2O4S. The van der Waals surface area contributed by atoms with Crippen molar-refractivity contribution in [3.05, 3.63) is 51.8 Å². The lowest BCUT2D eigenvalue weighted by Gasteiger charge is -2.12. The Morgan fingerprint density at radius 3 is 2.57 bits per heavy atom. The van der Waals surface area contributed by atoms with Gasteiger partial charge in [-0.3, -0.25) is 14.4 Å². The minimum atomic E-state index is -0.931. The van der Waals surface area contributed by atoms with Crippen LogP contribution in [0.3, 0.4) is 0 Å². The fourth-order valence-corrected chi connectivity index (χ4v) is 4.24. The van der Waals surface area contributed by atoms with Crippen LogP contribution in [0.5, 0.6) is 0 Å². The van der Waals surface area contributed by atoms with Crippen LogP contribution in [0, 0.1) is 13.8 Å². The van der Waals surface area contributed by atoms with Gasteiger partial charge in [-0.05, 0) is 45.4 Å². The summed E-state index contributed by atoms with van der Waals surface area (Å²) in [5.41, 5.74) is 2.97. The summed E-state index contributed by atoms with van der Waals surface area (Å²) >= 11 is 1.55. The number of nitrogens with zero attached hydrogens (tertiary/aromatic N) is 1. The molecule has 146 valence electrons. The molecule has 0 saturated heterocycles. The Kier molecular flexibility index (Phi) is 5.74. The maximum absolute atomic E-state index is 12.7. The van der Waals surface area contributed by atoms with Crippen LogP contribution in [-0.2, 0) is 16.0 Å². The highest BCUT2D eigenvalue weighted by atomic mass is 32.1. The molecule has 6 nitrogen and oxygen atoms in total. The number of para-hydroxylation sites is 1. The number of fused-ring (bicyclic) bond motifs is 1. The van der Waals surface area contributed by atoms with E-state index in [0.717, 1.165) is 15.2 Å². The Hall–Kier alpha value is -2.80. The molecule has 0 spiro atoms. The van der Waals surface area contributed by atoms with Crippen molar-refractivity contribution in [3.63, 3.8) is 0 Å². The van der Waals surface area contributed by atoms with Gasteiger partial charge in [0.2, 0.25) is 5.78 Å². The molecule has 3 aromatic rings. The molecule has 28 heavy (non-hydrogen) atoms. The van der Waals surface area contributed by atoms with Crippen molar-refractivity contribution in [2.24, 2.45) is 0 Å². The van der Waals surface area contributed by atoms with Crippen molar-refractivity contribution in [3.8, 4) is 0 Å². The SMILES string of the molecule is CC(=O)c1c(C)[nH]c(C(=O)[C@H](C)OC(=O)CCc2nc3ccccc3s2)c1C. The zero-order chi connectivity index (χ0) is 20.4. The van der Waals surface area contributed by atoms with Gasteiger partial charge >= 0.3 is 5.97 Å². The van der Waals surface area contributed by atoms with Gasteiger partial charge in [0.15, 0.2) is 11.9 Å². The highest BCUT2D eigenvalue weighted by Gasteiger charge is 2.26. The average molecular weight is 398 g/mol. The molecule has 1 aromatic carbocycles. The number of aromatic nitrogens is 2. The predicted octanol–water partition coefficient (Wildman–Crippen LogP) is 4.19. The summed E-state index contributed by atoms with van der Waals surface area (Å²) in [5.74, 6) is -0.903. The average Bonchev–Trinajstić information content (AvgIpc) is 3.19. The number of carbonyl (C=O) groups is 3. The quantitative estimate of drug-likeness (QED) is 0.476. The second-order valence-corrected chi connectivity index (χ2v) is 7.87. The molecule has 1 N–H and O–H groups in total. The molecular weight excluding hydrogens is 376 g/mol. The second-order valence-electron chi connectivity index (χ2n) is 6.75. The molecule has 0 fully saturated rings. The Morgan fingerprint density at radius 2 is 1.93 bits per heavy atom. The molecule has 1 atom stereocenters. The van der Waals surface area contributed by atoms with Crippen molar-refractivity contribution in [1.29, 1.82) is 0 Å². The summed E-state index contributed by atoms with van der Waals surface area (Å²) in [7, 11) is 0. The number of Topliss-reactive ketones (excluding diaryl/α,β-unsaturated/α-hetero) is 2. The Balaban J connectivity index is 1.61. The van der Waals surface area contributed by atoms with Crippen LogP contribution in [0.1, 0.15) is 57.4 Å². The number of ether oxygens (including phenoxy) is 1. The standard InChI is InChI=1S/C21H22N2O4S/c1-11-19(13(3)24)12(2)22-20(11)21(26)14(4)27-18(25)10-9-17-23-15-7-5-6-8-16(15)28-17/h5-8,14,22H,9-10H2,1-4H3/t14-/m0/s1. The molecule has 0 radical (unpaired) electrons. The zero-order valence-electron chi connectivity index (χ0n) is 16.3. The third kappa shape index (κ3) is 4.04. The number of benzene rings is 1. The second kappa shape index (κ2) is 8.06. The molecule has 0 unspecified atom stereocenters. The number of aryl methyl sites for hydroxylation is 2. The predicted molar refractivity (Wildman–Crippen MR) is 108 cm³/mol. The van der Waals surface area contributed by atoms with Gasteiger partial charge in [0.05, 0.1) is 27.3 Å². The third-order valence-electron chi connectivity index (χ3n) is 4.59. The van der Waals surface area contributed by atoms with E-state index in [1.54, 1.807) is 32.1 Å². The largest absolute Gasteiger partial charge is 0.454 e. The van der Waals surface area contributed by atoms with Gasteiger partial charge < -0.3 is 9.72 Å². The first-order valence-corrected chi connectivity index (χ1v) is 9.87. The number of hydrogen-bond donors (Lipinski definition) is 1. The number of thiazole rings is 1. The first kappa shape index (κ1) is 19.9. The van der Waals surface area contributed by atoms with E-state index in [-0.39, 0.29) is 18.0 Å². The molecule has 0 aliphatic rings. The lowest BCUT2D eigenvalue weighted by Crippen LogP contribution is -2.25. The summed E-state index contributed by atoms with van der Waals surface area (Å²) in [6.07, 6.45) is -0.313. The normalized spacial score (nSPS) is 12.1. The number of ketones is 2. The van der Waals surface area contributed by atoms with E-state index in [0.29, 0.717) is 28.9 Å². The minimum Gasteiger partial charge on any atom is -0.454 e. The van der Waals surface area contributed by atoms with E-state index in [1.807, 2.05) is 24.3 Å². The van der Waals surface area contributed by atoms with E-state index < -0.39 is 12.1 Å². The fraction of sp³-hybridized carbons (Fsp3) is 0.333. The van der Waals surface area contributed by atoms with Gasteiger partial charge in [-0.2, -0.15) is 0 Å². The topological polar surface area (TPSA) is 89.1 Å². The number of aromatic amines is 1. The van der Waals surface area contributed by atoms with Crippen molar-refractivity contribution in [2.45, 2.75) is 46.6 Å². The molecule has 0 aliphatic carbocycles. The third-order valence-corrected chi connectivity index (χ3v) is 5.69. The molecule has 0 aliphatic heterocycles. The van der Waals surface area contributed by atoms with Crippen LogP contribution < -0.4 is 0 Å². The first-order valence-electron chi connectivity index (χ1n) is 9.06. The highest BCUT2D eigenvalue weighted by molar-refractivity contribution is 7.18.